The van der Waals surface area contributed by atoms with E-state index in [9.17, 15) is 19.8 Å². The van der Waals surface area contributed by atoms with Crippen LogP contribution >= 0.6 is 23.5 Å². The van der Waals surface area contributed by atoms with Crippen LogP contribution in [-0.2, 0) is 26.7 Å². The van der Waals surface area contributed by atoms with E-state index in [4.69, 9.17) is 11.5 Å². The molecule has 0 aliphatic heterocycles. The first-order chi connectivity index (χ1) is 8.36. The maximum atomic E-state index is 9.90. The summed E-state index contributed by atoms with van der Waals surface area (Å²) in [6, 6.07) is -2.09. The summed E-state index contributed by atoms with van der Waals surface area (Å²) in [5.41, 5.74) is 13.7. The van der Waals surface area contributed by atoms with E-state index < -0.39 is 24.0 Å². The third-order valence-electron chi connectivity index (χ3n) is 1.79. The molecule has 0 bridgehead atoms. The summed E-state index contributed by atoms with van der Waals surface area (Å²) in [6.07, 6.45) is 4.51. The van der Waals surface area contributed by atoms with Crippen LogP contribution in [0, 0.1) is 0 Å². The average Bonchev–Trinajstić information content (AvgIpc) is 2.33. The number of hydrogen-bond donors (Lipinski definition) is 0. The molecular weight excluding hydrogens is 355 g/mol. The van der Waals surface area contributed by atoms with Crippen molar-refractivity contribution in [3.8, 4) is 0 Å². The molecule has 0 fully saturated rings. The van der Waals surface area contributed by atoms with Gasteiger partial charge in [0.1, 0.15) is 0 Å². The van der Waals surface area contributed by atoms with Gasteiger partial charge >= 0.3 is 40.1 Å². The Labute approximate surface area is 155 Å². The number of carbonyl (C=O) groups excluding carboxylic acids is 2. The van der Waals surface area contributed by atoms with Crippen LogP contribution in [-0.4, -0.2) is 71.1 Å². The first-order valence-electron chi connectivity index (χ1n) is 5.18. The van der Waals surface area contributed by atoms with E-state index in [1.807, 2.05) is 12.5 Å². The van der Waals surface area contributed by atoms with E-state index in [-0.39, 0.29) is 40.1 Å². The van der Waals surface area contributed by atoms with Crippen molar-refractivity contribution in [1.29, 1.82) is 0 Å². The van der Waals surface area contributed by atoms with Crippen LogP contribution in [0.2, 0.25) is 0 Å². The van der Waals surface area contributed by atoms with Gasteiger partial charge in [0.05, 0.1) is 0 Å². The number of nitrogens with one attached hydrogen (secondary N) is 2. The predicted molar refractivity (Wildman–Crippen MR) is 78.0 cm³/mol. The van der Waals surface area contributed by atoms with Crippen molar-refractivity contribution < 1.29 is 36.9 Å². The molecule has 0 aromatic heterocycles. The topological polar surface area (TPSA) is 128 Å². The minimum Gasteiger partial charge on any atom is -0.670 e. The number of carboxylic acid groups (broad SMARTS) is 2. The van der Waals surface area contributed by atoms with Gasteiger partial charge in [-0.2, -0.15) is 23.5 Å². The number of thioether (sulfide) groups is 2. The Balaban J connectivity index is -0.000000116. The van der Waals surface area contributed by atoms with Crippen LogP contribution < -0.4 is 10.2 Å². The Bertz CT molecular complexity index is 229. The molecule has 0 saturated heterocycles. The first kappa shape index (κ1) is 28.9. The average molecular weight is 374 g/mol. The molecule has 2 atom stereocenters. The van der Waals surface area contributed by atoms with Gasteiger partial charge in [0.15, 0.2) is 0 Å². The summed E-state index contributed by atoms with van der Waals surface area (Å²) >= 11 is 3.07. The number of rotatable bonds is 8. The number of carboxylic acids is 2. The normalized spacial score (nSPS) is 11.8. The molecule has 0 rings (SSSR count). The van der Waals surface area contributed by atoms with Crippen LogP contribution in [0.1, 0.15) is 12.8 Å². The molecular formula is C10H18MgMnN2O4S2. The van der Waals surface area contributed by atoms with Gasteiger partial charge in [0.2, 0.25) is 0 Å². The van der Waals surface area contributed by atoms with E-state index in [2.05, 4.69) is 0 Å². The zero-order valence-electron chi connectivity index (χ0n) is 11.5. The summed E-state index contributed by atoms with van der Waals surface area (Å²) in [5, 5.41) is 19.8. The monoisotopic (exact) mass is 373 g/mol. The molecule has 6 nitrogen and oxygen atoms in total. The van der Waals surface area contributed by atoms with Crippen molar-refractivity contribution in [2.24, 2.45) is 0 Å². The van der Waals surface area contributed by atoms with Crippen molar-refractivity contribution in [2.75, 3.05) is 24.0 Å². The third-order valence-corrected chi connectivity index (χ3v) is 3.08. The Hall–Kier alpha value is 0.846. The van der Waals surface area contributed by atoms with Gasteiger partial charge in [-0.05, 0) is 24.0 Å². The fourth-order valence-corrected chi connectivity index (χ4v) is 1.65. The van der Waals surface area contributed by atoms with E-state index in [0.29, 0.717) is 24.3 Å². The van der Waals surface area contributed by atoms with E-state index in [1.54, 1.807) is 0 Å². The third kappa shape index (κ3) is 21.1. The van der Waals surface area contributed by atoms with Gasteiger partial charge in [-0.25, -0.2) is 0 Å². The van der Waals surface area contributed by atoms with Crippen LogP contribution in [0.5, 0.6) is 0 Å². The zero-order chi connectivity index (χ0) is 14.6. The molecule has 0 unspecified atom stereocenters. The maximum Gasteiger partial charge on any atom is 2.00 e. The molecule has 113 valence electrons. The van der Waals surface area contributed by atoms with Crippen LogP contribution in [0.3, 0.4) is 0 Å². The molecule has 2 N–H and O–H groups in total. The molecule has 10 heteroatoms. The van der Waals surface area contributed by atoms with Gasteiger partial charge in [0, 0.05) is 11.9 Å². The van der Waals surface area contributed by atoms with Gasteiger partial charge in [-0.15, -0.1) is 0 Å². The molecule has 1 radical (unpaired) electrons. The second kappa shape index (κ2) is 19.8. The summed E-state index contributed by atoms with van der Waals surface area (Å²) in [5.74, 6) is -1.13. The van der Waals surface area contributed by atoms with Crippen LogP contribution in [0.4, 0.5) is 0 Å². The minimum absolute atomic E-state index is 0. The maximum absolute atomic E-state index is 9.90. The van der Waals surface area contributed by atoms with Crippen molar-refractivity contribution in [3.63, 3.8) is 0 Å². The summed E-state index contributed by atoms with van der Waals surface area (Å²) in [4.78, 5) is 19.8. The van der Waals surface area contributed by atoms with E-state index >= 15 is 0 Å². The van der Waals surface area contributed by atoms with Crippen molar-refractivity contribution in [3.05, 3.63) is 11.5 Å². The number of hydrogen-bond acceptors (Lipinski definition) is 6. The first-order valence-corrected chi connectivity index (χ1v) is 7.97. The molecule has 0 heterocycles. The van der Waals surface area contributed by atoms with Crippen molar-refractivity contribution >= 4 is 58.5 Å². The molecule has 0 aliphatic rings. The summed E-state index contributed by atoms with van der Waals surface area (Å²) in [6.45, 7) is 0. The molecule has 0 saturated carbocycles. The Morgan fingerprint density at radius 3 is 1.35 bits per heavy atom. The molecule has 0 aromatic carbocycles. The molecule has 0 spiro atoms. The Kier molecular flexibility index (Phi) is 28.7. The molecule has 0 amide bonds. The summed E-state index contributed by atoms with van der Waals surface area (Å²) < 4.78 is 0. The van der Waals surface area contributed by atoms with Gasteiger partial charge in [-0.3, -0.25) is 0 Å². The Morgan fingerprint density at radius 1 is 0.950 bits per heavy atom. The predicted octanol–water partition coefficient (Wildman–Crippen LogP) is -0.563. The molecule has 20 heavy (non-hydrogen) atoms. The van der Waals surface area contributed by atoms with E-state index in [1.165, 1.54) is 23.5 Å². The summed E-state index contributed by atoms with van der Waals surface area (Å²) in [7, 11) is 0. The van der Waals surface area contributed by atoms with Crippen LogP contribution in [0.15, 0.2) is 0 Å². The zero-order valence-corrected chi connectivity index (χ0v) is 15.7. The number of aliphatic carboxylic acids is 2. The van der Waals surface area contributed by atoms with Crippen molar-refractivity contribution in [2.45, 2.75) is 24.9 Å². The quantitative estimate of drug-likeness (QED) is 0.524. The second-order valence-electron chi connectivity index (χ2n) is 3.31. The van der Waals surface area contributed by atoms with Crippen molar-refractivity contribution in [1.82, 2.24) is 0 Å². The van der Waals surface area contributed by atoms with E-state index in [0.717, 1.165) is 0 Å². The fraction of sp³-hybridized carbons (Fsp3) is 0.800. The van der Waals surface area contributed by atoms with Gasteiger partial charge < -0.3 is 31.3 Å². The Morgan fingerprint density at radius 2 is 1.20 bits per heavy atom. The van der Waals surface area contributed by atoms with Gasteiger partial charge in [0.25, 0.3) is 0 Å². The number of carbonyl (C=O) groups is 2. The molecule has 0 aliphatic carbocycles. The van der Waals surface area contributed by atoms with Crippen LogP contribution in [0.25, 0.3) is 11.5 Å². The fourth-order valence-electron chi connectivity index (χ4n) is 0.707. The smallest absolute Gasteiger partial charge is 0.670 e. The largest absolute Gasteiger partial charge is 2.00 e. The minimum atomic E-state index is -1.27. The second-order valence-corrected chi connectivity index (χ2v) is 5.28. The van der Waals surface area contributed by atoms with Gasteiger partial charge in [-0.1, -0.05) is 24.9 Å². The standard InChI is InChI=1S/2C5H10NO2S.Mg.Mn/c2*1-9-3-2-4(6)5(7)8;;/h2*4,6H,2-3H2,1H3,(H,7,8);;/q2*-1;2*+2/p-2/t2*4-;;/m00../s1. The SMILES string of the molecule is CSCC[C@H]([NH-])C(=O)[O-].CSCC[C@H]([NH-])C(=O)[O-].[Mg+2].[Mn+2]. The molecule has 0 aromatic rings.